The van der Waals surface area contributed by atoms with Gasteiger partial charge in [0.2, 0.25) is 0 Å². The number of benzene rings is 4. The molecule has 0 N–H and O–H groups in total. The SMILES string of the molecule is Cc1ccc(S(=O)(=O)C#[C][Au])cc1.c1ccc(P(c2ccccc2)c2ccccc2)cc1. The van der Waals surface area contributed by atoms with Crippen molar-refractivity contribution in [3.8, 4) is 9.39 Å². The fraction of sp³-hybridized carbons (Fsp3) is 0.0370. The Morgan fingerprint density at radius 2 is 1.00 bits per heavy atom. The molecule has 4 aromatic carbocycles. The average molecular weight is 638 g/mol. The molecule has 0 fully saturated rings. The molecular weight excluding hydrogens is 616 g/mol. The van der Waals surface area contributed by atoms with Gasteiger partial charge < -0.3 is 0 Å². The smallest absolute Gasteiger partial charge is 0.0134 e. The summed E-state index contributed by atoms with van der Waals surface area (Å²) in [5.41, 5.74) is 1.03. The second-order valence-corrected chi connectivity index (χ2v) is 11.3. The van der Waals surface area contributed by atoms with Gasteiger partial charge in [0, 0.05) is 0 Å². The molecule has 0 amide bonds. The van der Waals surface area contributed by atoms with Gasteiger partial charge in [-0.1, -0.05) is 91.0 Å². The molecule has 0 atom stereocenters. The van der Waals surface area contributed by atoms with E-state index in [2.05, 4.69) is 100 Å². The van der Waals surface area contributed by atoms with Gasteiger partial charge in [-0.3, -0.25) is 0 Å². The second-order valence-electron chi connectivity index (χ2n) is 6.84. The van der Waals surface area contributed by atoms with Gasteiger partial charge in [-0.25, -0.2) is 0 Å². The molecule has 32 heavy (non-hydrogen) atoms. The number of rotatable bonds is 4. The van der Waals surface area contributed by atoms with Gasteiger partial charge in [-0.05, 0) is 23.8 Å². The van der Waals surface area contributed by atoms with E-state index in [1.54, 1.807) is 24.3 Å². The zero-order chi connectivity index (χ0) is 22.8. The van der Waals surface area contributed by atoms with Gasteiger partial charge in [0.25, 0.3) is 0 Å². The Hall–Kier alpha value is -2.44. The Morgan fingerprint density at radius 3 is 1.34 bits per heavy atom. The van der Waals surface area contributed by atoms with Crippen LogP contribution in [0, 0.1) is 16.3 Å². The minimum atomic E-state index is -3.40. The molecule has 2 nitrogen and oxygen atoms in total. The summed E-state index contributed by atoms with van der Waals surface area (Å²) in [4.78, 5) is 0.248. The van der Waals surface area contributed by atoms with Crippen LogP contribution in [0.1, 0.15) is 5.56 Å². The molecule has 0 aliphatic rings. The van der Waals surface area contributed by atoms with Crippen molar-refractivity contribution in [2.75, 3.05) is 0 Å². The zero-order valence-corrected chi connectivity index (χ0v) is 21.3. The van der Waals surface area contributed by atoms with Crippen molar-refractivity contribution >= 4 is 33.7 Å². The first-order valence-electron chi connectivity index (χ1n) is 9.87. The van der Waals surface area contributed by atoms with Gasteiger partial charge in [-0.2, -0.15) is 0 Å². The normalized spacial score (nSPS) is 10.5. The maximum Gasteiger partial charge on any atom is -0.0134 e. The molecule has 0 aliphatic heterocycles. The van der Waals surface area contributed by atoms with E-state index in [1.807, 2.05) is 28.0 Å². The van der Waals surface area contributed by atoms with Crippen LogP contribution in [0.15, 0.2) is 120 Å². The number of hydrogen-bond acceptors (Lipinski definition) is 2. The monoisotopic (exact) mass is 638 g/mol. The van der Waals surface area contributed by atoms with E-state index in [9.17, 15) is 8.42 Å². The van der Waals surface area contributed by atoms with Crippen molar-refractivity contribution in [3.05, 3.63) is 121 Å². The molecule has 0 bridgehead atoms. The minimum absolute atomic E-state index is 0.248. The van der Waals surface area contributed by atoms with Crippen LogP contribution >= 0.6 is 7.92 Å². The summed E-state index contributed by atoms with van der Waals surface area (Å²) < 4.78 is 25.0. The standard InChI is InChI=1S/C18H15P.C9H7O2S.Au/c1-4-10-16(11-5-1)19(17-12-6-2-7-13-17)18-14-8-3-9-15-18;1-3-12(10,11)9-6-4-8(2)5-7-9;/h1-15H;4-7H,2H3;. The molecular formula is C27H22AuO2PS. The van der Waals surface area contributed by atoms with Crippen LogP contribution in [0.3, 0.4) is 0 Å². The van der Waals surface area contributed by atoms with E-state index in [4.69, 9.17) is 0 Å². The van der Waals surface area contributed by atoms with Crippen molar-refractivity contribution in [1.82, 2.24) is 0 Å². The maximum atomic E-state index is 11.4. The third-order valence-electron chi connectivity index (χ3n) is 4.54. The molecule has 0 spiro atoms. The van der Waals surface area contributed by atoms with Gasteiger partial charge in [-0.15, -0.1) is 0 Å². The van der Waals surface area contributed by atoms with Crippen LogP contribution in [0.4, 0.5) is 0 Å². The summed E-state index contributed by atoms with van der Waals surface area (Å²) in [6.45, 7) is 1.90. The Balaban J connectivity index is 0.000000195. The van der Waals surface area contributed by atoms with E-state index in [0.717, 1.165) is 5.56 Å². The third kappa shape index (κ3) is 6.78. The predicted molar refractivity (Wildman–Crippen MR) is 131 cm³/mol. The van der Waals surface area contributed by atoms with Crippen molar-refractivity contribution in [3.63, 3.8) is 0 Å². The van der Waals surface area contributed by atoms with E-state index in [-0.39, 0.29) is 4.90 Å². The van der Waals surface area contributed by atoms with Crippen LogP contribution in [-0.2, 0) is 30.9 Å². The largest absolute Gasteiger partial charge is 0.0622 e. The molecule has 5 heteroatoms. The van der Waals surface area contributed by atoms with Gasteiger partial charge in [0.05, 0.1) is 0 Å². The van der Waals surface area contributed by atoms with Crippen molar-refractivity contribution in [2.24, 2.45) is 0 Å². The maximum absolute atomic E-state index is 11.4. The molecule has 0 saturated heterocycles. The topological polar surface area (TPSA) is 34.1 Å². The van der Waals surface area contributed by atoms with Crippen LogP contribution < -0.4 is 15.9 Å². The third-order valence-corrected chi connectivity index (χ3v) is 8.87. The second kappa shape index (κ2) is 12.0. The summed E-state index contributed by atoms with van der Waals surface area (Å²) >= 11 is 1.88. The van der Waals surface area contributed by atoms with Crippen LogP contribution in [0.25, 0.3) is 0 Å². The fourth-order valence-electron chi connectivity index (χ4n) is 3.00. The first kappa shape index (κ1) is 24.2. The molecule has 164 valence electrons. The molecule has 4 aromatic rings. The molecule has 0 unspecified atom stereocenters. The van der Waals surface area contributed by atoms with E-state index in [0.29, 0.717) is 0 Å². The van der Waals surface area contributed by atoms with E-state index in [1.165, 1.54) is 15.9 Å². The fourth-order valence-corrected chi connectivity index (χ4v) is 6.87. The molecule has 0 radical (unpaired) electrons. The number of aryl methyl sites for hydroxylation is 1. The molecule has 0 saturated carbocycles. The van der Waals surface area contributed by atoms with Gasteiger partial charge in [0.15, 0.2) is 0 Å². The Bertz CT molecular complexity index is 1190. The molecule has 0 heterocycles. The van der Waals surface area contributed by atoms with Crippen LogP contribution in [0.2, 0.25) is 0 Å². The first-order chi connectivity index (χ1) is 15.5. The van der Waals surface area contributed by atoms with Crippen molar-refractivity contribution < 1.29 is 29.5 Å². The first-order valence-corrected chi connectivity index (χ1v) is 13.8. The minimum Gasteiger partial charge on any atom is -0.0622 e. The summed E-state index contributed by atoms with van der Waals surface area (Å²) in [5.74, 6) is 0. The summed E-state index contributed by atoms with van der Waals surface area (Å²) in [6.07, 6.45) is 0. The quantitative estimate of drug-likeness (QED) is 0.185. The number of sulfone groups is 1. The summed E-state index contributed by atoms with van der Waals surface area (Å²) in [6, 6.07) is 38.9. The Labute approximate surface area is 204 Å². The average Bonchev–Trinajstić information content (AvgIpc) is 2.82. The molecule has 4 rings (SSSR count). The Kier molecular flexibility index (Phi) is 9.06. The van der Waals surface area contributed by atoms with E-state index < -0.39 is 17.8 Å². The zero-order valence-electron chi connectivity index (χ0n) is 17.4. The predicted octanol–water partition coefficient (Wildman–Crippen LogP) is 4.68. The summed E-state index contributed by atoms with van der Waals surface area (Å²) in [5, 5.41) is 6.35. The number of hydrogen-bond donors (Lipinski definition) is 0. The van der Waals surface area contributed by atoms with Crippen LogP contribution in [-0.4, -0.2) is 8.42 Å². The van der Waals surface area contributed by atoms with E-state index >= 15 is 0 Å². The summed E-state index contributed by atoms with van der Waals surface area (Å²) in [7, 11) is -3.85. The van der Waals surface area contributed by atoms with Crippen molar-refractivity contribution in [2.45, 2.75) is 11.8 Å². The van der Waals surface area contributed by atoms with Crippen molar-refractivity contribution in [1.29, 1.82) is 0 Å². The van der Waals surface area contributed by atoms with Gasteiger partial charge >= 0.3 is 90.4 Å². The van der Waals surface area contributed by atoms with Gasteiger partial charge in [0.1, 0.15) is 0 Å². The van der Waals surface area contributed by atoms with Crippen LogP contribution in [0.5, 0.6) is 0 Å². The Morgan fingerprint density at radius 1 is 0.625 bits per heavy atom. The molecule has 0 aromatic heterocycles. The molecule has 0 aliphatic carbocycles.